The van der Waals surface area contributed by atoms with Crippen LogP contribution in [0.1, 0.15) is 37.6 Å². The summed E-state index contributed by atoms with van der Waals surface area (Å²) in [7, 11) is 0. The lowest BCUT2D eigenvalue weighted by molar-refractivity contribution is -0.127. The Morgan fingerprint density at radius 3 is 2.52 bits per heavy atom. The fourth-order valence-corrected chi connectivity index (χ4v) is 3.07. The van der Waals surface area contributed by atoms with Crippen LogP contribution in [-0.4, -0.2) is 33.5 Å². The predicted molar refractivity (Wildman–Crippen MR) is 102 cm³/mol. The number of amides is 2. The van der Waals surface area contributed by atoms with Crippen LogP contribution >= 0.6 is 0 Å². The van der Waals surface area contributed by atoms with Crippen molar-refractivity contribution in [1.29, 1.82) is 0 Å². The number of nitrogens with zero attached hydrogens (tertiary/aromatic N) is 2. The van der Waals surface area contributed by atoms with Crippen molar-refractivity contribution in [1.82, 2.24) is 15.2 Å². The lowest BCUT2D eigenvalue weighted by atomic mass is 9.94. The van der Waals surface area contributed by atoms with Crippen LogP contribution in [0.5, 0.6) is 0 Å². The van der Waals surface area contributed by atoms with Crippen LogP contribution in [0.2, 0.25) is 0 Å². The topological polar surface area (TPSA) is 71.5 Å². The number of carbonyl (C=O) groups is 2. The number of hydrogen-bond acceptors (Lipinski definition) is 4. The van der Waals surface area contributed by atoms with E-state index in [4.69, 9.17) is 4.74 Å². The molecule has 1 aliphatic rings. The molecule has 0 saturated carbocycles. The molecule has 3 rings (SSSR count). The van der Waals surface area contributed by atoms with E-state index in [1.54, 1.807) is 6.20 Å². The van der Waals surface area contributed by atoms with Crippen molar-refractivity contribution < 1.29 is 14.3 Å². The second kappa shape index (κ2) is 7.78. The Hall–Kier alpha value is -2.89. The number of aromatic nitrogens is 1. The standard InChI is InChI=1S/C21H25N3O3/c1-21(2,3)27-20(26)24-14-16-9-5-4-8-15(16)12-18(24)19(25)23-13-17-10-6-7-11-22-17/h4-11,18H,12-14H2,1-3H3,(H,23,25)/t18-/m0/s1. The van der Waals surface area contributed by atoms with Gasteiger partial charge >= 0.3 is 6.09 Å². The number of pyridine rings is 1. The summed E-state index contributed by atoms with van der Waals surface area (Å²) in [6.45, 7) is 6.13. The van der Waals surface area contributed by atoms with Crippen molar-refractivity contribution in [2.24, 2.45) is 0 Å². The summed E-state index contributed by atoms with van der Waals surface area (Å²) in [5.41, 5.74) is 2.27. The third-order valence-electron chi connectivity index (χ3n) is 4.35. The van der Waals surface area contributed by atoms with Gasteiger partial charge in [-0.3, -0.25) is 14.7 Å². The first-order chi connectivity index (χ1) is 12.8. The average Bonchev–Trinajstić information content (AvgIpc) is 2.64. The van der Waals surface area contributed by atoms with Crippen molar-refractivity contribution in [2.75, 3.05) is 0 Å². The van der Waals surface area contributed by atoms with E-state index in [2.05, 4.69) is 10.3 Å². The largest absolute Gasteiger partial charge is 0.444 e. The molecule has 2 heterocycles. The first-order valence-corrected chi connectivity index (χ1v) is 9.07. The number of benzene rings is 1. The zero-order valence-electron chi connectivity index (χ0n) is 15.9. The maximum Gasteiger partial charge on any atom is 0.411 e. The average molecular weight is 367 g/mol. The van der Waals surface area contributed by atoms with Gasteiger partial charge < -0.3 is 10.1 Å². The molecule has 1 atom stereocenters. The Labute approximate surface area is 159 Å². The van der Waals surface area contributed by atoms with Gasteiger partial charge in [0.05, 0.1) is 18.8 Å². The quantitative estimate of drug-likeness (QED) is 0.905. The van der Waals surface area contributed by atoms with Crippen molar-refractivity contribution in [3.8, 4) is 0 Å². The molecule has 142 valence electrons. The van der Waals surface area contributed by atoms with Crippen molar-refractivity contribution in [3.63, 3.8) is 0 Å². The molecule has 6 heteroatoms. The zero-order valence-corrected chi connectivity index (χ0v) is 15.9. The summed E-state index contributed by atoms with van der Waals surface area (Å²) in [5.74, 6) is -0.207. The van der Waals surface area contributed by atoms with Gasteiger partial charge in [0.15, 0.2) is 0 Å². The molecule has 2 aromatic rings. The van der Waals surface area contributed by atoms with Gasteiger partial charge in [0.2, 0.25) is 5.91 Å². The van der Waals surface area contributed by atoms with Crippen LogP contribution in [0.25, 0.3) is 0 Å². The van der Waals surface area contributed by atoms with Crippen LogP contribution in [0.3, 0.4) is 0 Å². The van der Waals surface area contributed by atoms with Crippen LogP contribution in [0.4, 0.5) is 4.79 Å². The van der Waals surface area contributed by atoms with E-state index in [1.165, 1.54) is 4.90 Å². The SMILES string of the molecule is CC(C)(C)OC(=O)N1Cc2ccccc2C[C@H]1C(=O)NCc1ccccn1. The van der Waals surface area contributed by atoms with E-state index in [0.29, 0.717) is 19.5 Å². The van der Waals surface area contributed by atoms with E-state index in [-0.39, 0.29) is 5.91 Å². The molecule has 0 unspecified atom stereocenters. The highest BCUT2D eigenvalue weighted by atomic mass is 16.6. The molecule has 0 radical (unpaired) electrons. The van der Waals surface area contributed by atoms with Crippen molar-refractivity contribution in [2.45, 2.75) is 51.9 Å². The molecule has 0 bridgehead atoms. The maximum absolute atomic E-state index is 12.9. The predicted octanol–water partition coefficient (Wildman–Crippen LogP) is 3.06. The van der Waals surface area contributed by atoms with E-state index < -0.39 is 17.7 Å². The minimum atomic E-state index is -0.622. The van der Waals surface area contributed by atoms with E-state index in [1.807, 2.05) is 63.2 Å². The molecule has 1 aromatic carbocycles. The van der Waals surface area contributed by atoms with Crippen molar-refractivity contribution >= 4 is 12.0 Å². The maximum atomic E-state index is 12.9. The van der Waals surface area contributed by atoms with Gasteiger partial charge in [0.25, 0.3) is 0 Å². The summed E-state index contributed by atoms with van der Waals surface area (Å²) in [6.07, 6.45) is 1.67. The summed E-state index contributed by atoms with van der Waals surface area (Å²) in [4.78, 5) is 31.3. The first kappa shape index (κ1) is 18.9. The summed E-state index contributed by atoms with van der Waals surface area (Å²) in [6, 6.07) is 12.8. The van der Waals surface area contributed by atoms with Gasteiger partial charge in [-0.25, -0.2) is 4.79 Å². The normalized spacial score (nSPS) is 16.4. The molecule has 1 aromatic heterocycles. The summed E-state index contributed by atoms with van der Waals surface area (Å²) in [5, 5.41) is 2.90. The van der Waals surface area contributed by atoms with Crippen LogP contribution < -0.4 is 5.32 Å². The van der Waals surface area contributed by atoms with Gasteiger partial charge in [-0.1, -0.05) is 30.3 Å². The number of rotatable bonds is 3. The smallest absolute Gasteiger partial charge is 0.411 e. The van der Waals surface area contributed by atoms with Crippen molar-refractivity contribution in [3.05, 3.63) is 65.5 Å². The van der Waals surface area contributed by atoms with Gasteiger partial charge in [0, 0.05) is 12.6 Å². The fourth-order valence-electron chi connectivity index (χ4n) is 3.07. The minimum absolute atomic E-state index is 0.207. The Morgan fingerprint density at radius 1 is 1.15 bits per heavy atom. The number of fused-ring (bicyclic) bond motifs is 1. The van der Waals surface area contributed by atoms with Gasteiger partial charge in [-0.05, 0) is 44.0 Å². The second-order valence-corrected chi connectivity index (χ2v) is 7.64. The third kappa shape index (κ3) is 4.84. The Balaban J connectivity index is 1.78. The number of nitrogens with one attached hydrogen (secondary N) is 1. The Morgan fingerprint density at radius 2 is 1.85 bits per heavy atom. The van der Waals surface area contributed by atoms with Crippen LogP contribution in [0.15, 0.2) is 48.7 Å². The molecule has 0 fully saturated rings. The molecule has 27 heavy (non-hydrogen) atoms. The second-order valence-electron chi connectivity index (χ2n) is 7.64. The van der Waals surface area contributed by atoms with E-state index in [9.17, 15) is 9.59 Å². The monoisotopic (exact) mass is 367 g/mol. The Kier molecular flexibility index (Phi) is 5.44. The zero-order chi connectivity index (χ0) is 19.4. The first-order valence-electron chi connectivity index (χ1n) is 9.07. The number of carbonyl (C=O) groups excluding carboxylic acids is 2. The van der Waals surface area contributed by atoms with E-state index >= 15 is 0 Å². The number of ether oxygens (including phenoxy) is 1. The van der Waals surface area contributed by atoms with E-state index in [0.717, 1.165) is 16.8 Å². The number of hydrogen-bond donors (Lipinski definition) is 1. The highest BCUT2D eigenvalue weighted by Crippen LogP contribution is 2.25. The highest BCUT2D eigenvalue weighted by molar-refractivity contribution is 5.86. The molecule has 1 aliphatic heterocycles. The van der Waals surface area contributed by atoms with Gasteiger partial charge in [0.1, 0.15) is 11.6 Å². The highest BCUT2D eigenvalue weighted by Gasteiger charge is 2.36. The molecule has 0 spiro atoms. The lowest BCUT2D eigenvalue weighted by Crippen LogP contribution is -2.53. The van der Waals surface area contributed by atoms with Crippen LogP contribution in [0, 0.1) is 0 Å². The molecular formula is C21H25N3O3. The van der Waals surface area contributed by atoms with Gasteiger partial charge in [-0.2, -0.15) is 0 Å². The fraction of sp³-hybridized carbons (Fsp3) is 0.381. The summed E-state index contributed by atoms with van der Waals surface area (Å²) < 4.78 is 5.53. The van der Waals surface area contributed by atoms with Gasteiger partial charge in [-0.15, -0.1) is 0 Å². The molecule has 0 saturated heterocycles. The third-order valence-corrected chi connectivity index (χ3v) is 4.35. The molecule has 1 N–H and O–H groups in total. The molecule has 0 aliphatic carbocycles. The molecular weight excluding hydrogens is 342 g/mol. The molecule has 6 nitrogen and oxygen atoms in total. The van der Waals surface area contributed by atoms with Crippen LogP contribution in [-0.2, 0) is 29.0 Å². The Bertz CT molecular complexity index is 815. The summed E-state index contributed by atoms with van der Waals surface area (Å²) >= 11 is 0. The molecule has 2 amide bonds. The lowest BCUT2D eigenvalue weighted by Gasteiger charge is -2.36. The minimum Gasteiger partial charge on any atom is -0.444 e.